The molecule has 125 valence electrons. The Morgan fingerprint density at radius 1 is 0.957 bits per heavy atom. The first-order valence-electron chi connectivity index (χ1n) is 7.77. The minimum Gasteiger partial charge on any atom is -0.493 e. The average Bonchev–Trinajstić information content (AvgIpc) is 2.59. The molecule has 0 amide bonds. The first-order chi connectivity index (χ1) is 10.8. The Kier molecular flexibility index (Phi) is 11.6. The number of fused-ring (bicyclic) bond motifs is 1. The van der Waals surface area contributed by atoms with Crippen molar-refractivity contribution >= 4 is 0 Å². The molecule has 0 spiro atoms. The zero-order chi connectivity index (χ0) is 16.4. The monoisotopic (exact) mass is 350 g/mol. The number of rotatable bonds is 1. The molecule has 1 aliphatic rings. The van der Waals surface area contributed by atoms with E-state index in [4.69, 9.17) is 4.74 Å². The summed E-state index contributed by atoms with van der Waals surface area (Å²) in [6, 6.07) is 18.7. The molecule has 2 aromatic rings. The Morgan fingerprint density at radius 3 is 2.09 bits per heavy atom. The van der Waals surface area contributed by atoms with Crippen LogP contribution in [0.1, 0.15) is 36.8 Å². The smallest absolute Gasteiger partial charge is 0.120 e. The fraction of sp³-hybridized carbons (Fsp3) is 0.350. The summed E-state index contributed by atoms with van der Waals surface area (Å²) in [5.74, 6) is 1.60. The molecule has 0 fully saturated rings. The van der Waals surface area contributed by atoms with Gasteiger partial charge in [0.25, 0.3) is 0 Å². The third kappa shape index (κ3) is 6.06. The molecular formula is C20H27O2V-. The zero-order valence-corrected chi connectivity index (χ0v) is 15.9. The van der Waals surface area contributed by atoms with Crippen molar-refractivity contribution in [3.05, 3.63) is 72.6 Å². The van der Waals surface area contributed by atoms with E-state index in [9.17, 15) is 0 Å². The van der Waals surface area contributed by atoms with Crippen LogP contribution in [0, 0.1) is 6.92 Å². The molecule has 0 N–H and O–H groups in total. The van der Waals surface area contributed by atoms with Gasteiger partial charge < -0.3 is 16.4 Å². The fourth-order valence-electron chi connectivity index (χ4n) is 2.46. The van der Waals surface area contributed by atoms with E-state index in [1.807, 2.05) is 38.1 Å². The predicted octanol–water partition coefficient (Wildman–Crippen LogP) is 5.07. The molecule has 1 radical (unpaired) electrons. The number of para-hydroxylation sites is 1. The van der Waals surface area contributed by atoms with E-state index in [0.717, 1.165) is 12.4 Å². The number of methoxy groups -OCH3 is 1. The van der Waals surface area contributed by atoms with Gasteiger partial charge in [0.05, 0.1) is 6.61 Å². The van der Waals surface area contributed by atoms with Gasteiger partial charge >= 0.3 is 0 Å². The van der Waals surface area contributed by atoms with E-state index in [2.05, 4.69) is 42.0 Å². The Hall–Kier alpha value is -1.22. The molecule has 3 rings (SSSR count). The van der Waals surface area contributed by atoms with Crippen molar-refractivity contribution in [3.8, 4) is 5.75 Å². The van der Waals surface area contributed by atoms with Crippen LogP contribution in [0.5, 0.6) is 5.75 Å². The summed E-state index contributed by atoms with van der Waals surface area (Å²) < 4.78 is 10.1. The molecule has 0 saturated carbocycles. The van der Waals surface area contributed by atoms with Gasteiger partial charge in [-0.2, -0.15) is 0 Å². The quantitative estimate of drug-likeness (QED) is 0.669. The van der Waals surface area contributed by atoms with E-state index in [0.29, 0.717) is 5.92 Å². The van der Waals surface area contributed by atoms with E-state index >= 15 is 0 Å². The normalized spacial score (nSPS) is 17.8. The van der Waals surface area contributed by atoms with Gasteiger partial charge in [-0.05, 0) is 23.1 Å². The zero-order valence-electron chi connectivity index (χ0n) is 14.5. The van der Waals surface area contributed by atoms with Gasteiger partial charge in [-0.15, -0.1) is 5.92 Å². The summed E-state index contributed by atoms with van der Waals surface area (Å²) in [7, 11) is 3.25. The molecule has 2 nitrogen and oxygen atoms in total. The third-order valence-electron chi connectivity index (χ3n) is 3.45. The second-order valence-electron chi connectivity index (χ2n) is 4.88. The number of hydrogen-bond donors (Lipinski definition) is 0. The van der Waals surface area contributed by atoms with Gasteiger partial charge in [0.2, 0.25) is 0 Å². The van der Waals surface area contributed by atoms with E-state index < -0.39 is 0 Å². The summed E-state index contributed by atoms with van der Waals surface area (Å²) in [5, 5.41) is 0. The van der Waals surface area contributed by atoms with Crippen molar-refractivity contribution in [2.75, 3.05) is 20.8 Å². The molecule has 2 unspecified atom stereocenters. The first kappa shape index (κ1) is 21.8. The molecule has 1 aliphatic heterocycles. The third-order valence-corrected chi connectivity index (χ3v) is 3.45. The fourth-order valence-corrected chi connectivity index (χ4v) is 2.46. The van der Waals surface area contributed by atoms with Crippen LogP contribution in [0.4, 0.5) is 0 Å². The van der Waals surface area contributed by atoms with Gasteiger partial charge in [-0.1, -0.05) is 62.4 Å². The molecule has 23 heavy (non-hydrogen) atoms. The van der Waals surface area contributed by atoms with Gasteiger partial charge in [-0.25, -0.2) is 0 Å². The molecule has 0 aromatic heterocycles. The SMILES string of the molecule is CC.COC.[CH2-]C1c2ccccc2OCC1c1ccccc1.[V]. The standard InChI is InChI=1S/C16H15O.C2H6O.C2H6.V/c1-12-14-9-5-6-10-16(14)17-11-15(12)13-7-3-2-4-8-13;1-3-2;1-2;/h2-10,12,15H,1,11H2;1-2H3;1-2H3;/q-1;;;. The minimum atomic E-state index is 0. The van der Waals surface area contributed by atoms with Gasteiger partial charge in [0, 0.05) is 32.8 Å². The molecule has 0 aliphatic carbocycles. The van der Waals surface area contributed by atoms with Crippen LogP contribution in [-0.2, 0) is 23.3 Å². The maximum absolute atomic E-state index is 5.82. The Balaban J connectivity index is 0.000000729. The van der Waals surface area contributed by atoms with Crippen LogP contribution in [0.25, 0.3) is 0 Å². The van der Waals surface area contributed by atoms with Crippen LogP contribution >= 0.6 is 0 Å². The minimum absolute atomic E-state index is 0. The second kappa shape index (κ2) is 12.2. The van der Waals surface area contributed by atoms with E-state index in [-0.39, 0.29) is 24.5 Å². The summed E-state index contributed by atoms with van der Waals surface area (Å²) >= 11 is 0. The van der Waals surface area contributed by atoms with Gasteiger partial charge in [0.1, 0.15) is 5.75 Å². The van der Waals surface area contributed by atoms with Crippen molar-refractivity contribution in [3.63, 3.8) is 0 Å². The largest absolute Gasteiger partial charge is 0.493 e. The molecule has 3 heteroatoms. The molecule has 0 saturated heterocycles. The predicted molar refractivity (Wildman–Crippen MR) is 93.5 cm³/mol. The van der Waals surface area contributed by atoms with Crippen LogP contribution in [0.2, 0.25) is 0 Å². The topological polar surface area (TPSA) is 18.5 Å². The van der Waals surface area contributed by atoms with Crippen molar-refractivity contribution < 1.29 is 28.0 Å². The van der Waals surface area contributed by atoms with Gasteiger partial charge in [0.15, 0.2) is 0 Å². The molecule has 2 atom stereocenters. The first-order valence-corrected chi connectivity index (χ1v) is 7.77. The van der Waals surface area contributed by atoms with Crippen LogP contribution < -0.4 is 4.74 Å². The molecule has 0 bridgehead atoms. The van der Waals surface area contributed by atoms with Gasteiger partial charge in [-0.3, -0.25) is 0 Å². The Morgan fingerprint density at radius 2 is 1.48 bits per heavy atom. The summed E-state index contributed by atoms with van der Waals surface area (Å²) in [5.41, 5.74) is 2.52. The number of hydrogen-bond acceptors (Lipinski definition) is 2. The molecule has 1 heterocycles. The number of benzene rings is 2. The maximum Gasteiger partial charge on any atom is 0.120 e. The molecule has 2 aromatic carbocycles. The van der Waals surface area contributed by atoms with Crippen LogP contribution in [0.3, 0.4) is 0 Å². The van der Waals surface area contributed by atoms with E-state index in [1.54, 1.807) is 14.2 Å². The Bertz CT molecular complexity index is 528. The number of ether oxygens (including phenoxy) is 2. The summed E-state index contributed by atoms with van der Waals surface area (Å²) in [4.78, 5) is 0. The van der Waals surface area contributed by atoms with Crippen molar-refractivity contribution in [1.29, 1.82) is 0 Å². The summed E-state index contributed by atoms with van der Waals surface area (Å²) in [6.45, 7) is 9.03. The van der Waals surface area contributed by atoms with Crippen molar-refractivity contribution in [2.45, 2.75) is 25.7 Å². The van der Waals surface area contributed by atoms with Crippen molar-refractivity contribution in [2.24, 2.45) is 0 Å². The van der Waals surface area contributed by atoms with E-state index in [1.165, 1.54) is 11.1 Å². The Labute approximate surface area is 153 Å². The molecular weight excluding hydrogens is 323 g/mol. The van der Waals surface area contributed by atoms with Crippen molar-refractivity contribution in [1.82, 2.24) is 0 Å². The second-order valence-corrected chi connectivity index (χ2v) is 4.88. The van der Waals surface area contributed by atoms with Crippen LogP contribution in [-0.4, -0.2) is 20.8 Å². The summed E-state index contributed by atoms with van der Waals surface area (Å²) in [6.07, 6.45) is 0. The average molecular weight is 350 g/mol. The maximum atomic E-state index is 5.82. The van der Waals surface area contributed by atoms with Crippen LogP contribution in [0.15, 0.2) is 54.6 Å².